The minimum Gasteiger partial charge on any atom is -0.306 e. The van der Waals surface area contributed by atoms with Crippen molar-refractivity contribution in [2.24, 2.45) is 0 Å². The van der Waals surface area contributed by atoms with E-state index in [4.69, 9.17) is 0 Å². The summed E-state index contributed by atoms with van der Waals surface area (Å²) in [7, 11) is 2.17. The highest BCUT2D eigenvalue weighted by molar-refractivity contribution is 5.05. The average Bonchev–Trinajstić information content (AvgIpc) is 2.35. The fraction of sp³-hybridized carbons (Fsp3) is 0.929. The number of unbranched alkanes of at least 4 members (excludes halogenated alkanes) is 1. The van der Waals surface area contributed by atoms with Crippen LogP contribution < -0.4 is 5.32 Å². The summed E-state index contributed by atoms with van der Waals surface area (Å²) in [4.78, 5) is 2.37. The van der Waals surface area contributed by atoms with Crippen LogP contribution in [0.15, 0.2) is 0 Å². The zero-order chi connectivity index (χ0) is 13.1. The Morgan fingerprint density at radius 3 is 2.29 bits per heavy atom. The lowest BCUT2D eigenvalue weighted by atomic mass is 9.92. The van der Waals surface area contributed by atoms with Crippen LogP contribution in [0.2, 0.25) is 0 Å². The number of nitriles is 1. The van der Waals surface area contributed by atoms with E-state index < -0.39 is 0 Å². The van der Waals surface area contributed by atoms with E-state index in [0.717, 1.165) is 32.4 Å². The number of rotatable bonds is 10. The largest absolute Gasteiger partial charge is 0.306 e. The zero-order valence-electron chi connectivity index (χ0n) is 12.1. The van der Waals surface area contributed by atoms with Gasteiger partial charge in [0.15, 0.2) is 0 Å². The zero-order valence-corrected chi connectivity index (χ0v) is 12.1. The van der Waals surface area contributed by atoms with Crippen molar-refractivity contribution in [2.45, 2.75) is 58.4 Å². The molecule has 0 saturated carbocycles. The first-order valence-corrected chi connectivity index (χ1v) is 6.99. The Kier molecular flexibility index (Phi) is 9.11. The maximum absolute atomic E-state index is 9.29. The van der Waals surface area contributed by atoms with E-state index in [9.17, 15) is 5.26 Å². The summed E-state index contributed by atoms with van der Waals surface area (Å²) in [6, 6.07) is 2.45. The predicted molar refractivity (Wildman–Crippen MR) is 74.0 cm³/mol. The molecule has 0 bridgehead atoms. The van der Waals surface area contributed by atoms with E-state index in [1.54, 1.807) is 0 Å². The normalized spacial score (nSPS) is 14.6. The summed E-state index contributed by atoms with van der Waals surface area (Å²) in [5, 5.41) is 12.6. The van der Waals surface area contributed by atoms with Gasteiger partial charge in [-0.15, -0.1) is 0 Å². The maximum Gasteiger partial charge on any atom is 0.106 e. The van der Waals surface area contributed by atoms with Gasteiger partial charge in [-0.3, -0.25) is 5.32 Å². The first-order valence-electron chi connectivity index (χ1n) is 6.99. The van der Waals surface area contributed by atoms with Gasteiger partial charge in [0.1, 0.15) is 5.54 Å². The van der Waals surface area contributed by atoms with Crippen molar-refractivity contribution < 1.29 is 0 Å². The molecule has 0 spiro atoms. The molecule has 100 valence electrons. The molecular weight excluding hydrogens is 210 g/mol. The smallest absolute Gasteiger partial charge is 0.106 e. The second-order valence-electron chi connectivity index (χ2n) is 4.84. The topological polar surface area (TPSA) is 39.1 Å². The molecule has 0 aliphatic carbocycles. The van der Waals surface area contributed by atoms with Crippen LogP contribution in [0.5, 0.6) is 0 Å². The standard InChI is InChI=1S/C14H29N3/c1-5-8-11-17(4)12-9-10-14(6-2,13-15)16-7-3/h16H,5-12H2,1-4H3. The average molecular weight is 239 g/mol. The molecule has 0 aliphatic heterocycles. The Bertz CT molecular complexity index is 222. The molecule has 0 aliphatic rings. The summed E-state index contributed by atoms with van der Waals surface area (Å²) < 4.78 is 0. The van der Waals surface area contributed by atoms with Crippen LogP contribution in [0.4, 0.5) is 0 Å². The van der Waals surface area contributed by atoms with E-state index in [0.29, 0.717) is 0 Å². The van der Waals surface area contributed by atoms with Gasteiger partial charge in [0.05, 0.1) is 6.07 Å². The summed E-state index contributed by atoms with van der Waals surface area (Å²) in [5.41, 5.74) is -0.305. The molecule has 0 radical (unpaired) electrons. The fourth-order valence-corrected chi connectivity index (χ4v) is 2.09. The second kappa shape index (κ2) is 9.44. The van der Waals surface area contributed by atoms with Crippen LogP contribution in [0, 0.1) is 11.3 Å². The van der Waals surface area contributed by atoms with Crippen LogP contribution in [-0.4, -0.2) is 37.1 Å². The summed E-state index contributed by atoms with van der Waals surface area (Å²) >= 11 is 0. The number of nitrogens with one attached hydrogen (secondary N) is 1. The lowest BCUT2D eigenvalue weighted by Gasteiger charge is -2.27. The van der Waals surface area contributed by atoms with Gasteiger partial charge in [-0.25, -0.2) is 0 Å². The van der Waals surface area contributed by atoms with Crippen molar-refractivity contribution in [2.75, 3.05) is 26.7 Å². The third-order valence-electron chi connectivity index (χ3n) is 3.37. The van der Waals surface area contributed by atoms with E-state index in [2.05, 4.69) is 44.1 Å². The first kappa shape index (κ1) is 16.4. The van der Waals surface area contributed by atoms with Crippen LogP contribution >= 0.6 is 0 Å². The molecule has 1 unspecified atom stereocenters. The van der Waals surface area contributed by atoms with E-state index in [1.807, 2.05) is 0 Å². The first-order chi connectivity index (χ1) is 8.14. The van der Waals surface area contributed by atoms with E-state index in [1.165, 1.54) is 19.4 Å². The molecule has 0 saturated heterocycles. The highest BCUT2D eigenvalue weighted by atomic mass is 15.1. The van der Waals surface area contributed by atoms with Crippen LogP contribution in [0.25, 0.3) is 0 Å². The van der Waals surface area contributed by atoms with Gasteiger partial charge in [0.2, 0.25) is 0 Å². The molecule has 1 atom stereocenters. The lowest BCUT2D eigenvalue weighted by molar-refractivity contribution is 0.292. The minimum atomic E-state index is -0.305. The number of nitrogens with zero attached hydrogens (tertiary/aromatic N) is 2. The SMILES string of the molecule is CCCCN(C)CCCC(C#N)(CC)NCC. The minimum absolute atomic E-state index is 0.305. The highest BCUT2D eigenvalue weighted by Gasteiger charge is 2.25. The lowest BCUT2D eigenvalue weighted by Crippen LogP contribution is -2.43. The monoisotopic (exact) mass is 239 g/mol. The van der Waals surface area contributed by atoms with E-state index >= 15 is 0 Å². The van der Waals surface area contributed by atoms with Gasteiger partial charge in [-0.2, -0.15) is 5.26 Å². The van der Waals surface area contributed by atoms with Crippen molar-refractivity contribution in [1.82, 2.24) is 10.2 Å². The van der Waals surface area contributed by atoms with Crippen LogP contribution in [-0.2, 0) is 0 Å². The maximum atomic E-state index is 9.29. The molecule has 1 N–H and O–H groups in total. The molecule has 0 fully saturated rings. The number of hydrogen-bond donors (Lipinski definition) is 1. The fourth-order valence-electron chi connectivity index (χ4n) is 2.09. The second-order valence-corrected chi connectivity index (χ2v) is 4.84. The summed E-state index contributed by atoms with van der Waals surface area (Å²) in [6.07, 6.45) is 5.44. The van der Waals surface area contributed by atoms with Crippen molar-refractivity contribution in [3.05, 3.63) is 0 Å². The molecule has 0 aromatic carbocycles. The Labute approximate surface area is 107 Å². The molecular formula is C14H29N3. The van der Waals surface area contributed by atoms with Gasteiger partial charge in [0.25, 0.3) is 0 Å². The molecule has 0 heterocycles. The van der Waals surface area contributed by atoms with E-state index in [-0.39, 0.29) is 5.54 Å². The Hall–Kier alpha value is -0.590. The van der Waals surface area contributed by atoms with Crippen molar-refractivity contribution in [1.29, 1.82) is 5.26 Å². The van der Waals surface area contributed by atoms with Crippen molar-refractivity contribution >= 4 is 0 Å². The van der Waals surface area contributed by atoms with Gasteiger partial charge in [-0.1, -0.05) is 27.2 Å². The third-order valence-corrected chi connectivity index (χ3v) is 3.37. The van der Waals surface area contributed by atoms with Crippen molar-refractivity contribution in [3.8, 4) is 6.07 Å². The van der Waals surface area contributed by atoms with Crippen molar-refractivity contribution in [3.63, 3.8) is 0 Å². The number of hydrogen-bond acceptors (Lipinski definition) is 3. The van der Waals surface area contributed by atoms with Gasteiger partial charge in [-0.05, 0) is 52.4 Å². The Morgan fingerprint density at radius 2 is 1.82 bits per heavy atom. The molecule has 3 nitrogen and oxygen atoms in total. The Balaban J connectivity index is 3.94. The molecule has 0 aromatic rings. The molecule has 0 aromatic heterocycles. The predicted octanol–water partition coefficient (Wildman–Crippen LogP) is 2.78. The molecule has 0 rings (SSSR count). The van der Waals surface area contributed by atoms with Gasteiger partial charge < -0.3 is 4.90 Å². The van der Waals surface area contributed by atoms with Crippen LogP contribution in [0.3, 0.4) is 0 Å². The van der Waals surface area contributed by atoms with Crippen LogP contribution in [0.1, 0.15) is 52.9 Å². The van der Waals surface area contributed by atoms with Gasteiger partial charge in [0, 0.05) is 0 Å². The summed E-state index contributed by atoms with van der Waals surface area (Å²) in [5.74, 6) is 0. The quantitative estimate of drug-likeness (QED) is 0.637. The Morgan fingerprint density at radius 1 is 1.18 bits per heavy atom. The third kappa shape index (κ3) is 6.65. The molecule has 0 amide bonds. The molecule has 17 heavy (non-hydrogen) atoms. The molecule has 3 heteroatoms. The highest BCUT2D eigenvalue weighted by Crippen LogP contribution is 2.16. The summed E-state index contributed by atoms with van der Waals surface area (Å²) in [6.45, 7) is 9.50. The van der Waals surface area contributed by atoms with Gasteiger partial charge >= 0.3 is 0 Å².